The van der Waals surface area contributed by atoms with Crippen molar-refractivity contribution in [2.24, 2.45) is 5.92 Å². The van der Waals surface area contributed by atoms with Crippen molar-refractivity contribution in [3.8, 4) is 5.75 Å². The molecule has 1 aromatic heterocycles. The molecule has 7 heteroatoms. The number of rotatable bonds is 6. The Kier molecular flexibility index (Phi) is 5.94. The van der Waals surface area contributed by atoms with Gasteiger partial charge in [-0.05, 0) is 43.5 Å². The zero-order valence-electron chi connectivity index (χ0n) is 16.5. The van der Waals surface area contributed by atoms with E-state index in [9.17, 15) is 9.59 Å². The second-order valence-corrected chi connectivity index (χ2v) is 8.54. The predicted octanol–water partition coefficient (Wildman–Crippen LogP) is 3.12. The fraction of sp³-hybridized carbons (Fsp3) is 0.409. The lowest BCUT2D eigenvalue weighted by Crippen LogP contribution is -2.50. The second kappa shape index (κ2) is 8.78. The maximum absolute atomic E-state index is 12.5. The van der Waals surface area contributed by atoms with Gasteiger partial charge in [0.15, 0.2) is 0 Å². The molecule has 0 unspecified atom stereocenters. The summed E-state index contributed by atoms with van der Waals surface area (Å²) in [4.78, 5) is 32.7. The molecule has 1 aromatic carbocycles. The first kappa shape index (κ1) is 19.6. The third-order valence-corrected chi connectivity index (χ3v) is 5.98. The molecule has 2 fully saturated rings. The number of benzene rings is 1. The van der Waals surface area contributed by atoms with Crippen LogP contribution in [-0.4, -0.2) is 52.8 Å². The van der Waals surface area contributed by atoms with Gasteiger partial charge in [0.2, 0.25) is 11.8 Å². The van der Waals surface area contributed by atoms with Crippen molar-refractivity contribution < 1.29 is 14.3 Å². The molecular formula is C22H25N3O3S. The molecule has 152 valence electrons. The van der Waals surface area contributed by atoms with Crippen LogP contribution in [0.2, 0.25) is 0 Å². The topological polar surface area (TPSA) is 62.7 Å². The van der Waals surface area contributed by atoms with Gasteiger partial charge in [0.25, 0.3) is 0 Å². The molecule has 2 amide bonds. The van der Waals surface area contributed by atoms with Gasteiger partial charge in [-0.25, -0.2) is 4.98 Å². The fourth-order valence-corrected chi connectivity index (χ4v) is 3.95. The van der Waals surface area contributed by atoms with Crippen LogP contribution in [0.15, 0.2) is 35.7 Å². The molecule has 0 atom stereocenters. The summed E-state index contributed by atoms with van der Waals surface area (Å²) in [6.45, 7) is 4.86. The van der Waals surface area contributed by atoms with Crippen molar-refractivity contribution in [2.45, 2.75) is 26.4 Å². The maximum atomic E-state index is 12.5. The molecule has 29 heavy (non-hydrogen) atoms. The molecule has 4 rings (SSSR count). The lowest BCUT2D eigenvalue weighted by Gasteiger charge is -2.34. The Hall–Kier alpha value is -2.67. The minimum absolute atomic E-state index is 0.0206. The van der Waals surface area contributed by atoms with Crippen LogP contribution >= 0.6 is 11.3 Å². The highest BCUT2D eigenvalue weighted by atomic mass is 32.1. The number of thiazole rings is 1. The number of carbonyl (C=O) groups is 2. The number of aryl methyl sites for hydroxylation is 1. The van der Waals surface area contributed by atoms with Gasteiger partial charge < -0.3 is 14.5 Å². The molecular weight excluding hydrogens is 386 g/mol. The average molecular weight is 412 g/mol. The molecule has 2 aromatic rings. The number of piperazine rings is 1. The highest BCUT2D eigenvalue weighted by Crippen LogP contribution is 2.31. The predicted molar refractivity (Wildman–Crippen MR) is 113 cm³/mol. The van der Waals surface area contributed by atoms with Crippen LogP contribution in [0.25, 0.3) is 6.08 Å². The van der Waals surface area contributed by atoms with Crippen molar-refractivity contribution >= 4 is 29.2 Å². The van der Waals surface area contributed by atoms with Crippen molar-refractivity contribution in [1.29, 1.82) is 0 Å². The van der Waals surface area contributed by atoms with Crippen molar-refractivity contribution in [3.63, 3.8) is 0 Å². The first-order valence-corrected chi connectivity index (χ1v) is 10.9. The van der Waals surface area contributed by atoms with E-state index in [2.05, 4.69) is 4.98 Å². The van der Waals surface area contributed by atoms with E-state index in [1.807, 2.05) is 47.5 Å². The van der Waals surface area contributed by atoms with Gasteiger partial charge in [0.05, 0.1) is 10.7 Å². The summed E-state index contributed by atoms with van der Waals surface area (Å²) >= 11 is 1.61. The Morgan fingerprint density at radius 3 is 2.66 bits per heavy atom. The average Bonchev–Trinajstić information content (AvgIpc) is 3.52. The summed E-state index contributed by atoms with van der Waals surface area (Å²) in [6, 6.07) is 7.66. The van der Waals surface area contributed by atoms with Crippen LogP contribution in [0.4, 0.5) is 0 Å². The number of hydrogen-bond acceptors (Lipinski definition) is 5. The van der Waals surface area contributed by atoms with Gasteiger partial charge in [-0.3, -0.25) is 9.59 Å². The van der Waals surface area contributed by atoms with Crippen LogP contribution in [0.5, 0.6) is 5.75 Å². The highest BCUT2D eigenvalue weighted by molar-refractivity contribution is 7.09. The van der Waals surface area contributed by atoms with Gasteiger partial charge in [-0.2, -0.15) is 0 Å². The van der Waals surface area contributed by atoms with E-state index in [1.54, 1.807) is 22.3 Å². The van der Waals surface area contributed by atoms with Crippen molar-refractivity contribution in [3.05, 3.63) is 52.0 Å². The molecule has 2 aliphatic rings. The lowest BCUT2D eigenvalue weighted by molar-refractivity contribution is -0.138. The Balaban J connectivity index is 1.28. The third-order valence-electron chi connectivity index (χ3n) is 5.16. The Bertz CT molecular complexity index is 912. The minimum Gasteiger partial charge on any atom is -0.487 e. The Morgan fingerprint density at radius 1 is 1.21 bits per heavy atom. The van der Waals surface area contributed by atoms with E-state index in [4.69, 9.17) is 4.74 Å². The quantitative estimate of drug-likeness (QED) is 0.685. The summed E-state index contributed by atoms with van der Waals surface area (Å²) in [5.41, 5.74) is 1.83. The van der Waals surface area contributed by atoms with Crippen LogP contribution in [0, 0.1) is 12.8 Å². The molecule has 1 saturated heterocycles. The zero-order chi connectivity index (χ0) is 20.2. The van der Waals surface area contributed by atoms with Crippen LogP contribution in [-0.2, 0) is 16.2 Å². The van der Waals surface area contributed by atoms with Gasteiger partial charge in [-0.1, -0.05) is 12.1 Å². The van der Waals surface area contributed by atoms with E-state index in [0.29, 0.717) is 32.8 Å². The fourth-order valence-electron chi connectivity index (χ4n) is 3.35. The number of nitrogens with zero attached hydrogens (tertiary/aromatic N) is 3. The van der Waals surface area contributed by atoms with E-state index < -0.39 is 0 Å². The molecule has 6 nitrogen and oxygen atoms in total. The van der Waals surface area contributed by atoms with Gasteiger partial charge in [-0.15, -0.1) is 11.3 Å². The number of aromatic nitrogens is 1. The standard InChI is InChI=1S/C22H25N3O3S/c1-16-23-19(15-29-16)14-28-20-4-2-3-17(13-20)5-8-21(26)24-9-11-25(12-10-24)22(27)18-6-7-18/h2-5,8,13,15,18H,6-7,9-12,14H2,1H3/b8-5+. The summed E-state index contributed by atoms with van der Waals surface area (Å²) in [7, 11) is 0. The largest absolute Gasteiger partial charge is 0.487 e. The zero-order valence-corrected chi connectivity index (χ0v) is 17.4. The third kappa shape index (κ3) is 5.23. The monoisotopic (exact) mass is 411 g/mol. The summed E-state index contributed by atoms with van der Waals surface area (Å²) in [5.74, 6) is 1.23. The molecule has 0 spiro atoms. The number of carbonyl (C=O) groups excluding carboxylic acids is 2. The molecule has 0 radical (unpaired) electrons. The minimum atomic E-state index is -0.0206. The van der Waals surface area contributed by atoms with Gasteiger partial charge >= 0.3 is 0 Å². The summed E-state index contributed by atoms with van der Waals surface area (Å²) < 4.78 is 5.81. The Morgan fingerprint density at radius 2 is 1.97 bits per heavy atom. The first-order chi connectivity index (χ1) is 14.1. The lowest BCUT2D eigenvalue weighted by atomic mass is 10.2. The van der Waals surface area contributed by atoms with E-state index in [0.717, 1.165) is 34.9 Å². The number of hydrogen-bond donors (Lipinski definition) is 0. The van der Waals surface area contributed by atoms with Crippen molar-refractivity contribution in [2.75, 3.05) is 26.2 Å². The number of amides is 2. The van der Waals surface area contributed by atoms with Crippen molar-refractivity contribution in [1.82, 2.24) is 14.8 Å². The Labute approximate surface area is 174 Å². The SMILES string of the molecule is Cc1nc(COc2cccc(/C=C/C(=O)N3CCN(C(=O)C4CC4)CC3)c2)cs1. The summed E-state index contributed by atoms with van der Waals surface area (Å²) in [6.07, 6.45) is 5.45. The number of ether oxygens (including phenoxy) is 1. The van der Waals surface area contributed by atoms with Crippen LogP contribution < -0.4 is 4.74 Å². The summed E-state index contributed by atoms with van der Waals surface area (Å²) in [5, 5.41) is 3.02. The second-order valence-electron chi connectivity index (χ2n) is 7.48. The molecule has 1 saturated carbocycles. The molecule has 1 aliphatic heterocycles. The van der Waals surface area contributed by atoms with Crippen LogP contribution in [0.1, 0.15) is 29.1 Å². The van der Waals surface area contributed by atoms with Crippen LogP contribution in [0.3, 0.4) is 0 Å². The molecule has 0 bridgehead atoms. The maximum Gasteiger partial charge on any atom is 0.246 e. The molecule has 0 N–H and O–H groups in total. The highest BCUT2D eigenvalue weighted by Gasteiger charge is 2.34. The van der Waals surface area contributed by atoms with Gasteiger partial charge in [0, 0.05) is 43.6 Å². The molecule has 2 heterocycles. The van der Waals surface area contributed by atoms with E-state index in [-0.39, 0.29) is 17.7 Å². The van der Waals surface area contributed by atoms with E-state index >= 15 is 0 Å². The first-order valence-electron chi connectivity index (χ1n) is 9.98. The van der Waals surface area contributed by atoms with E-state index in [1.165, 1.54) is 0 Å². The normalized spacial score (nSPS) is 17.0. The molecule has 1 aliphatic carbocycles. The smallest absolute Gasteiger partial charge is 0.246 e. The van der Waals surface area contributed by atoms with Gasteiger partial charge in [0.1, 0.15) is 12.4 Å².